The number of carbonyl (C=O) groups excluding carboxylic acids is 1. The van der Waals surface area contributed by atoms with E-state index in [2.05, 4.69) is 15.3 Å². The summed E-state index contributed by atoms with van der Waals surface area (Å²) in [6.07, 6.45) is 2.22. The second kappa shape index (κ2) is 11.3. The molecule has 220 valence electrons. The Morgan fingerprint density at radius 2 is 1.79 bits per heavy atom. The van der Waals surface area contributed by atoms with Gasteiger partial charge in [0.1, 0.15) is 17.2 Å². The van der Waals surface area contributed by atoms with Crippen LogP contribution in [0.2, 0.25) is 0 Å². The van der Waals surface area contributed by atoms with Crippen molar-refractivity contribution in [2.75, 3.05) is 35.8 Å². The summed E-state index contributed by atoms with van der Waals surface area (Å²) in [4.78, 5) is 26.4. The normalized spacial score (nSPS) is 12.7. The molecule has 2 aromatic heterocycles. The zero-order valence-electron chi connectivity index (χ0n) is 25.0. The number of nitrogens with one attached hydrogen (secondary N) is 1. The van der Waals surface area contributed by atoms with Gasteiger partial charge in [-0.25, -0.2) is 9.48 Å². The standard InChI is InChI=1S/C33H35N7O3/c1-33(2,3)43-32(41)39-18-17-23-19-24(13-16-28(23)39)35-31-36-29(38(4)21-22-11-14-26(42-5)15-12-22)27-20-34-40(30(27)37-31)25-9-7-6-8-10-25/h6-16,19-20H,17-18,21H2,1-5H3,(H,35,36,37). The molecule has 0 saturated carbocycles. The third kappa shape index (κ3) is 5.94. The van der Waals surface area contributed by atoms with Crippen LogP contribution in [0.5, 0.6) is 5.75 Å². The number of amides is 1. The minimum atomic E-state index is -0.554. The van der Waals surface area contributed by atoms with Gasteiger partial charge in [0, 0.05) is 25.8 Å². The highest BCUT2D eigenvalue weighted by Crippen LogP contribution is 2.33. The molecule has 1 amide bonds. The molecule has 0 bridgehead atoms. The summed E-state index contributed by atoms with van der Waals surface area (Å²) >= 11 is 0. The summed E-state index contributed by atoms with van der Waals surface area (Å²) in [5.74, 6) is 2.02. The number of rotatable bonds is 7. The Hall–Kier alpha value is -5.12. The van der Waals surface area contributed by atoms with Gasteiger partial charge in [-0.05, 0) is 80.8 Å². The first-order valence-electron chi connectivity index (χ1n) is 14.2. The maximum atomic E-state index is 12.8. The number of fused-ring (bicyclic) bond motifs is 2. The molecule has 0 unspecified atom stereocenters. The van der Waals surface area contributed by atoms with Crippen LogP contribution in [0.25, 0.3) is 16.7 Å². The fourth-order valence-corrected chi connectivity index (χ4v) is 5.19. The van der Waals surface area contributed by atoms with Crippen molar-refractivity contribution in [1.82, 2.24) is 19.7 Å². The van der Waals surface area contributed by atoms with Crippen molar-refractivity contribution in [2.24, 2.45) is 0 Å². The van der Waals surface area contributed by atoms with E-state index in [9.17, 15) is 4.79 Å². The first-order chi connectivity index (χ1) is 20.7. The van der Waals surface area contributed by atoms with Crippen molar-refractivity contribution in [3.63, 3.8) is 0 Å². The lowest BCUT2D eigenvalue weighted by molar-refractivity contribution is 0.0584. The van der Waals surface area contributed by atoms with E-state index in [0.717, 1.165) is 51.6 Å². The number of nitrogens with zero attached hydrogens (tertiary/aromatic N) is 6. The van der Waals surface area contributed by atoms with Crippen LogP contribution >= 0.6 is 0 Å². The zero-order valence-corrected chi connectivity index (χ0v) is 25.0. The van der Waals surface area contributed by atoms with Gasteiger partial charge in [0.15, 0.2) is 5.65 Å². The van der Waals surface area contributed by atoms with Crippen molar-refractivity contribution in [3.8, 4) is 11.4 Å². The lowest BCUT2D eigenvalue weighted by atomic mass is 10.1. The predicted octanol–water partition coefficient (Wildman–Crippen LogP) is 6.50. The Kier molecular flexibility index (Phi) is 7.35. The molecule has 3 heterocycles. The van der Waals surface area contributed by atoms with Crippen LogP contribution in [-0.4, -0.2) is 52.1 Å². The number of benzene rings is 3. The average molecular weight is 578 g/mol. The lowest BCUT2D eigenvalue weighted by Crippen LogP contribution is -2.35. The minimum absolute atomic E-state index is 0.334. The number of anilines is 4. The van der Waals surface area contributed by atoms with Gasteiger partial charge >= 0.3 is 6.09 Å². The van der Waals surface area contributed by atoms with Gasteiger partial charge in [-0.2, -0.15) is 15.1 Å². The number of hydrogen-bond acceptors (Lipinski definition) is 8. The summed E-state index contributed by atoms with van der Waals surface area (Å²) in [5.41, 5.74) is 4.92. The van der Waals surface area contributed by atoms with Gasteiger partial charge in [0.2, 0.25) is 5.95 Å². The molecule has 43 heavy (non-hydrogen) atoms. The second-order valence-electron chi connectivity index (χ2n) is 11.6. The molecular formula is C33H35N7O3. The van der Waals surface area contributed by atoms with Crippen molar-refractivity contribution < 1.29 is 14.3 Å². The summed E-state index contributed by atoms with van der Waals surface area (Å²) < 4.78 is 12.8. The van der Waals surface area contributed by atoms with Crippen LogP contribution in [0.1, 0.15) is 31.9 Å². The van der Waals surface area contributed by atoms with Gasteiger partial charge in [-0.15, -0.1) is 0 Å². The topological polar surface area (TPSA) is 97.6 Å². The molecule has 1 aliphatic heterocycles. The van der Waals surface area contributed by atoms with E-state index in [4.69, 9.17) is 19.4 Å². The number of hydrogen-bond donors (Lipinski definition) is 1. The van der Waals surface area contributed by atoms with E-state index in [1.165, 1.54) is 0 Å². The van der Waals surface area contributed by atoms with Gasteiger partial charge in [-0.1, -0.05) is 30.3 Å². The number of aromatic nitrogens is 4. The summed E-state index contributed by atoms with van der Waals surface area (Å²) in [7, 11) is 3.67. The van der Waals surface area contributed by atoms with E-state index in [1.54, 1.807) is 12.0 Å². The monoisotopic (exact) mass is 577 g/mol. The minimum Gasteiger partial charge on any atom is -0.497 e. The number of carbonyl (C=O) groups is 1. The highest BCUT2D eigenvalue weighted by molar-refractivity contribution is 5.92. The molecule has 1 N–H and O–H groups in total. The molecule has 5 aromatic rings. The molecule has 0 radical (unpaired) electrons. The van der Waals surface area contributed by atoms with Gasteiger partial charge in [0.25, 0.3) is 0 Å². The Morgan fingerprint density at radius 3 is 2.51 bits per heavy atom. The van der Waals surface area contributed by atoms with Crippen molar-refractivity contribution in [3.05, 3.63) is 90.1 Å². The van der Waals surface area contributed by atoms with Crippen LogP contribution in [0.4, 0.5) is 27.9 Å². The molecule has 10 nitrogen and oxygen atoms in total. The molecule has 1 aliphatic rings. The third-order valence-electron chi connectivity index (χ3n) is 7.19. The van der Waals surface area contributed by atoms with E-state index in [0.29, 0.717) is 24.7 Å². The Morgan fingerprint density at radius 1 is 1.02 bits per heavy atom. The van der Waals surface area contributed by atoms with E-state index < -0.39 is 5.60 Å². The van der Waals surface area contributed by atoms with Crippen molar-refractivity contribution in [1.29, 1.82) is 0 Å². The SMILES string of the molecule is COc1ccc(CN(C)c2nc(Nc3ccc4c(c3)CCN4C(=O)OC(C)(C)C)nc3c2cnn3-c2ccccc2)cc1. The van der Waals surface area contributed by atoms with E-state index in [-0.39, 0.29) is 6.09 Å². The molecular weight excluding hydrogens is 542 g/mol. The van der Waals surface area contributed by atoms with Crippen LogP contribution in [0.3, 0.4) is 0 Å². The van der Waals surface area contributed by atoms with Gasteiger partial charge < -0.3 is 19.7 Å². The Bertz CT molecular complexity index is 1760. The first-order valence-corrected chi connectivity index (χ1v) is 14.2. The maximum absolute atomic E-state index is 12.8. The molecule has 3 aromatic carbocycles. The fourth-order valence-electron chi connectivity index (χ4n) is 5.19. The van der Waals surface area contributed by atoms with Crippen LogP contribution in [-0.2, 0) is 17.7 Å². The van der Waals surface area contributed by atoms with Crippen LogP contribution in [0.15, 0.2) is 79.0 Å². The highest BCUT2D eigenvalue weighted by Gasteiger charge is 2.29. The number of ether oxygens (including phenoxy) is 2. The molecule has 0 saturated heterocycles. The lowest BCUT2D eigenvalue weighted by Gasteiger charge is -2.24. The zero-order chi connectivity index (χ0) is 30.1. The summed E-state index contributed by atoms with van der Waals surface area (Å²) in [5, 5.41) is 8.93. The summed E-state index contributed by atoms with van der Waals surface area (Å²) in [6.45, 7) is 6.83. The average Bonchev–Trinajstić information content (AvgIpc) is 3.61. The van der Waals surface area contributed by atoms with Gasteiger partial charge in [-0.3, -0.25) is 4.90 Å². The molecule has 10 heteroatoms. The first kappa shape index (κ1) is 28.0. The molecule has 0 aliphatic carbocycles. The molecule has 0 atom stereocenters. The van der Waals surface area contributed by atoms with E-state index >= 15 is 0 Å². The smallest absolute Gasteiger partial charge is 0.414 e. The van der Waals surface area contributed by atoms with Crippen LogP contribution < -0.4 is 19.9 Å². The molecule has 0 spiro atoms. The molecule has 0 fully saturated rings. The van der Waals surface area contributed by atoms with Crippen LogP contribution in [0, 0.1) is 0 Å². The fraction of sp³-hybridized carbons (Fsp3) is 0.273. The largest absolute Gasteiger partial charge is 0.497 e. The third-order valence-corrected chi connectivity index (χ3v) is 7.19. The number of para-hydroxylation sites is 1. The predicted molar refractivity (Wildman–Crippen MR) is 169 cm³/mol. The molecule has 6 rings (SSSR count). The van der Waals surface area contributed by atoms with Crippen molar-refractivity contribution >= 4 is 40.3 Å². The second-order valence-corrected chi connectivity index (χ2v) is 11.6. The summed E-state index contributed by atoms with van der Waals surface area (Å²) in [6, 6.07) is 23.9. The highest BCUT2D eigenvalue weighted by atomic mass is 16.6. The quantitative estimate of drug-likeness (QED) is 0.234. The maximum Gasteiger partial charge on any atom is 0.414 e. The Labute approximate surface area is 250 Å². The van der Waals surface area contributed by atoms with Crippen molar-refractivity contribution in [2.45, 2.75) is 39.3 Å². The Balaban J connectivity index is 1.33. The number of methoxy groups -OCH3 is 1. The van der Waals surface area contributed by atoms with Gasteiger partial charge in [0.05, 0.1) is 30.1 Å². The van der Waals surface area contributed by atoms with E-state index in [1.807, 2.05) is 111 Å².